The SMILES string of the molecule is CO[C@]1(CNC(=O)Cc2ccc(S(=O)(=O)C(C)C)cc2)CCSC1. The number of ether oxygens (including phenoxy) is 1. The van der Waals surface area contributed by atoms with Crippen molar-refractivity contribution < 1.29 is 17.9 Å². The van der Waals surface area contributed by atoms with E-state index >= 15 is 0 Å². The third kappa shape index (κ3) is 4.52. The standard InChI is InChI=1S/C17H25NO4S2/c1-13(2)24(20,21)15-6-4-14(5-7-15)10-16(19)18-11-17(22-3)8-9-23-12-17/h4-7,13H,8-12H2,1-3H3,(H,18,19)/t17-/m0/s1. The summed E-state index contributed by atoms with van der Waals surface area (Å²) in [6, 6.07) is 6.54. The normalized spacial score (nSPS) is 21.2. The number of thioether (sulfide) groups is 1. The van der Waals surface area contributed by atoms with E-state index in [0.29, 0.717) is 11.4 Å². The second kappa shape index (κ2) is 7.89. The Morgan fingerprint density at radius 1 is 1.33 bits per heavy atom. The molecule has 0 radical (unpaired) electrons. The molecule has 0 unspecified atom stereocenters. The summed E-state index contributed by atoms with van der Waals surface area (Å²) in [5.41, 5.74) is 0.540. The van der Waals surface area contributed by atoms with Crippen molar-refractivity contribution in [3.8, 4) is 0 Å². The number of methoxy groups -OCH3 is 1. The van der Waals surface area contributed by atoms with Crippen LogP contribution in [0.1, 0.15) is 25.8 Å². The average molecular weight is 372 g/mol. The predicted octanol–water partition coefficient (Wildman–Crippen LogP) is 2.05. The van der Waals surface area contributed by atoms with E-state index in [2.05, 4.69) is 5.32 Å². The van der Waals surface area contributed by atoms with Crippen molar-refractivity contribution >= 4 is 27.5 Å². The summed E-state index contributed by atoms with van der Waals surface area (Å²) >= 11 is 1.83. The van der Waals surface area contributed by atoms with Gasteiger partial charge in [-0.15, -0.1) is 0 Å². The van der Waals surface area contributed by atoms with Gasteiger partial charge in [-0.05, 0) is 43.7 Å². The van der Waals surface area contributed by atoms with E-state index in [9.17, 15) is 13.2 Å². The maximum atomic E-state index is 12.1. The molecule has 134 valence electrons. The van der Waals surface area contributed by atoms with Gasteiger partial charge in [0.25, 0.3) is 0 Å². The number of carbonyl (C=O) groups excluding carboxylic acids is 1. The van der Waals surface area contributed by atoms with Crippen LogP contribution in [0.2, 0.25) is 0 Å². The highest BCUT2D eigenvalue weighted by atomic mass is 32.2. The minimum Gasteiger partial charge on any atom is -0.376 e. The molecule has 0 spiro atoms. The van der Waals surface area contributed by atoms with Crippen molar-refractivity contribution in [1.82, 2.24) is 5.32 Å². The summed E-state index contributed by atoms with van der Waals surface area (Å²) in [5.74, 6) is 1.86. The van der Waals surface area contributed by atoms with Crippen LogP contribution in [0.3, 0.4) is 0 Å². The minimum absolute atomic E-state index is 0.0807. The fourth-order valence-corrected chi connectivity index (χ4v) is 4.99. The molecule has 1 aromatic rings. The lowest BCUT2D eigenvalue weighted by Crippen LogP contribution is -2.45. The van der Waals surface area contributed by atoms with Crippen molar-refractivity contribution in [1.29, 1.82) is 0 Å². The molecule has 0 aliphatic carbocycles. The Labute approximate surface area is 148 Å². The molecular formula is C17H25NO4S2. The Morgan fingerprint density at radius 2 is 2.00 bits per heavy atom. The Morgan fingerprint density at radius 3 is 2.50 bits per heavy atom. The molecular weight excluding hydrogens is 346 g/mol. The molecule has 1 aliphatic heterocycles. The van der Waals surface area contributed by atoms with Crippen molar-refractivity contribution in [2.24, 2.45) is 0 Å². The lowest BCUT2D eigenvalue weighted by atomic mass is 10.0. The maximum absolute atomic E-state index is 12.1. The van der Waals surface area contributed by atoms with Crippen LogP contribution in [0.4, 0.5) is 0 Å². The van der Waals surface area contributed by atoms with Gasteiger partial charge >= 0.3 is 0 Å². The highest BCUT2D eigenvalue weighted by Gasteiger charge is 2.34. The Balaban J connectivity index is 1.93. The summed E-state index contributed by atoms with van der Waals surface area (Å²) in [4.78, 5) is 12.4. The first-order valence-electron chi connectivity index (χ1n) is 8.01. The number of hydrogen-bond acceptors (Lipinski definition) is 5. The Bertz CT molecular complexity index is 662. The minimum atomic E-state index is -3.27. The van der Waals surface area contributed by atoms with Gasteiger partial charge in [-0.3, -0.25) is 4.79 Å². The van der Waals surface area contributed by atoms with Gasteiger partial charge in [-0.1, -0.05) is 12.1 Å². The zero-order chi connectivity index (χ0) is 17.8. The molecule has 1 saturated heterocycles. The molecule has 1 aliphatic rings. The lowest BCUT2D eigenvalue weighted by molar-refractivity contribution is -0.121. The molecule has 0 bridgehead atoms. The fourth-order valence-electron chi connectivity index (χ4n) is 2.54. The van der Waals surface area contributed by atoms with Crippen LogP contribution in [0, 0.1) is 0 Å². The zero-order valence-electron chi connectivity index (χ0n) is 14.4. The molecule has 1 amide bonds. The third-order valence-electron chi connectivity index (χ3n) is 4.35. The molecule has 1 N–H and O–H groups in total. The molecule has 1 atom stereocenters. The first-order valence-corrected chi connectivity index (χ1v) is 10.7. The molecule has 2 rings (SSSR count). The number of benzene rings is 1. The smallest absolute Gasteiger partial charge is 0.224 e. The number of hydrogen-bond donors (Lipinski definition) is 1. The number of rotatable bonds is 7. The van der Waals surface area contributed by atoms with Crippen molar-refractivity contribution in [3.05, 3.63) is 29.8 Å². The summed E-state index contributed by atoms with van der Waals surface area (Å²) in [5, 5.41) is 2.48. The van der Waals surface area contributed by atoms with Gasteiger partial charge in [0, 0.05) is 19.4 Å². The first-order chi connectivity index (χ1) is 11.3. The average Bonchev–Trinajstić information content (AvgIpc) is 3.03. The number of amides is 1. The van der Waals surface area contributed by atoms with E-state index in [0.717, 1.165) is 23.5 Å². The number of nitrogens with one attached hydrogen (secondary N) is 1. The molecule has 1 aromatic carbocycles. The zero-order valence-corrected chi connectivity index (χ0v) is 16.0. The second-order valence-electron chi connectivity index (χ2n) is 6.38. The lowest BCUT2D eigenvalue weighted by Gasteiger charge is -2.26. The van der Waals surface area contributed by atoms with Crippen molar-refractivity contribution in [3.63, 3.8) is 0 Å². The van der Waals surface area contributed by atoms with E-state index in [1.54, 1.807) is 45.2 Å². The van der Waals surface area contributed by atoms with Crippen LogP contribution in [0.5, 0.6) is 0 Å². The van der Waals surface area contributed by atoms with Gasteiger partial charge in [0.1, 0.15) is 0 Å². The van der Waals surface area contributed by atoms with E-state index in [4.69, 9.17) is 4.74 Å². The molecule has 7 heteroatoms. The Hall–Kier alpha value is -1.05. The molecule has 1 heterocycles. The molecule has 24 heavy (non-hydrogen) atoms. The highest BCUT2D eigenvalue weighted by molar-refractivity contribution is 7.99. The van der Waals surface area contributed by atoms with Gasteiger partial charge in [-0.25, -0.2) is 8.42 Å². The van der Waals surface area contributed by atoms with E-state index in [-0.39, 0.29) is 17.9 Å². The quantitative estimate of drug-likeness (QED) is 0.794. The Kier molecular flexibility index (Phi) is 6.33. The molecule has 0 aromatic heterocycles. The maximum Gasteiger partial charge on any atom is 0.224 e. The van der Waals surface area contributed by atoms with E-state index in [1.807, 2.05) is 11.8 Å². The summed E-state index contributed by atoms with van der Waals surface area (Å²) in [6.07, 6.45) is 1.17. The van der Waals surface area contributed by atoms with Crippen LogP contribution in [0.25, 0.3) is 0 Å². The number of sulfone groups is 1. The second-order valence-corrected chi connectivity index (χ2v) is 9.99. The predicted molar refractivity (Wildman–Crippen MR) is 97.2 cm³/mol. The van der Waals surface area contributed by atoms with Crippen LogP contribution in [-0.2, 0) is 25.8 Å². The van der Waals surface area contributed by atoms with Crippen LogP contribution in [-0.4, -0.2) is 50.3 Å². The van der Waals surface area contributed by atoms with Crippen molar-refractivity contribution in [2.45, 2.75) is 42.4 Å². The topological polar surface area (TPSA) is 72.5 Å². The fraction of sp³-hybridized carbons (Fsp3) is 0.588. The van der Waals surface area contributed by atoms with Crippen LogP contribution in [0.15, 0.2) is 29.2 Å². The largest absolute Gasteiger partial charge is 0.376 e. The third-order valence-corrected chi connectivity index (χ3v) is 7.74. The molecule has 5 nitrogen and oxygen atoms in total. The highest BCUT2D eigenvalue weighted by Crippen LogP contribution is 2.30. The van der Waals surface area contributed by atoms with Gasteiger partial charge in [0.15, 0.2) is 9.84 Å². The van der Waals surface area contributed by atoms with E-state index < -0.39 is 15.1 Å². The molecule has 1 fully saturated rings. The summed E-state index contributed by atoms with van der Waals surface area (Å²) < 4.78 is 29.7. The van der Waals surface area contributed by atoms with Crippen molar-refractivity contribution in [2.75, 3.05) is 25.2 Å². The number of carbonyl (C=O) groups is 1. The molecule has 0 saturated carbocycles. The van der Waals surface area contributed by atoms with Gasteiger partial charge < -0.3 is 10.1 Å². The summed E-state index contributed by atoms with van der Waals surface area (Å²) in [7, 11) is -1.59. The van der Waals surface area contributed by atoms with Gasteiger partial charge in [0.2, 0.25) is 5.91 Å². The van der Waals surface area contributed by atoms with Gasteiger partial charge in [-0.2, -0.15) is 11.8 Å². The van der Waals surface area contributed by atoms with Crippen LogP contribution < -0.4 is 5.32 Å². The van der Waals surface area contributed by atoms with Crippen LogP contribution >= 0.6 is 11.8 Å². The monoisotopic (exact) mass is 371 g/mol. The summed E-state index contributed by atoms with van der Waals surface area (Å²) in [6.45, 7) is 3.82. The first kappa shape index (κ1) is 19.3. The van der Waals surface area contributed by atoms with Gasteiger partial charge in [0.05, 0.1) is 22.2 Å². The van der Waals surface area contributed by atoms with E-state index in [1.165, 1.54) is 0 Å².